The summed E-state index contributed by atoms with van der Waals surface area (Å²) in [6, 6.07) is 9.12. The minimum atomic E-state index is -0.144. The highest BCUT2D eigenvalue weighted by Gasteiger charge is 1.99. The molecule has 0 unspecified atom stereocenters. The SMILES string of the molecule is NC(=Nc1ccccc1)N/N=C(/N)N(Cl)Cl. The molecular weight excluding hydrogens is 251 g/mol. The highest BCUT2D eigenvalue weighted by atomic mass is 35.5. The lowest BCUT2D eigenvalue weighted by Crippen LogP contribution is -2.32. The monoisotopic (exact) mass is 260 g/mol. The van der Waals surface area contributed by atoms with Crippen LogP contribution in [0.25, 0.3) is 0 Å². The molecule has 0 aliphatic rings. The molecule has 1 rings (SSSR count). The maximum Gasteiger partial charge on any atom is 0.244 e. The van der Waals surface area contributed by atoms with E-state index in [0.717, 1.165) is 0 Å². The first-order valence-corrected chi connectivity index (χ1v) is 4.87. The Morgan fingerprint density at radius 3 is 2.38 bits per heavy atom. The second-order valence-corrected chi connectivity index (χ2v) is 3.50. The molecule has 0 heterocycles. The number of para-hydroxylation sites is 1. The number of nitrogens with one attached hydrogen (secondary N) is 1. The van der Waals surface area contributed by atoms with Gasteiger partial charge in [-0.1, -0.05) is 18.2 Å². The van der Waals surface area contributed by atoms with E-state index in [4.69, 9.17) is 35.0 Å². The van der Waals surface area contributed by atoms with Crippen molar-refractivity contribution in [2.75, 3.05) is 0 Å². The van der Waals surface area contributed by atoms with Crippen molar-refractivity contribution in [2.24, 2.45) is 21.6 Å². The van der Waals surface area contributed by atoms with Crippen LogP contribution in [0.1, 0.15) is 0 Å². The fourth-order valence-corrected chi connectivity index (χ4v) is 0.895. The van der Waals surface area contributed by atoms with Crippen molar-refractivity contribution in [1.82, 2.24) is 9.36 Å². The molecule has 1 aromatic carbocycles. The van der Waals surface area contributed by atoms with Gasteiger partial charge in [-0.3, -0.25) is 0 Å². The Morgan fingerprint density at radius 2 is 1.81 bits per heavy atom. The summed E-state index contributed by atoms with van der Waals surface area (Å²) in [6.45, 7) is 0. The fourth-order valence-electron chi connectivity index (χ4n) is 0.819. The van der Waals surface area contributed by atoms with Crippen molar-refractivity contribution < 1.29 is 0 Å². The van der Waals surface area contributed by atoms with E-state index < -0.39 is 0 Å². The summed E-state index contributed by atoms with van der Waals surface area (Å²) in [5.74, 6) is -0.0705. The van der Waals surface area contributed by atoms with Crippen LogP contribution in [0.15, 0.2) is 40.4 Å². The van der Waals surface area contributed by atoms with Crippen molar-refractivity contribution >= 4 is 41.2 Å². The number of hydrogen-bond donors (Lipinski definition) is 3. The zero-order valence-electron chi connectivity index (χ0n) is 8.14. The molecule has 6 nitrogen and oxygen atoms in total. The molecule has 0 atom stereocenters. The van der Waals surface area contributed by atoms with E-state index in [9.17, 15) is 0 Å². The lowest BCUT2D eigenvalue weighted by molar-refractivity contribution is 0.932. The third kappa shape index (κ3) is 4.24. The average molecular weight is 261 g/mol. The number of nitrogens with two attached hydrogens (primary N) is 2. The van der Waals surface area contributed by atoms with Crippen molar-refractivity contribution in [1.29, 1.82) is 0 Å². The molecule has 0 saturated carbocycles. The number of aliphatic imine (C=N–C) groups is 1. The molecule has 0 spiro atoms. The van der Waals surface area contributed by atoms with Gasteiger partial charge in [-0.15, -0.1) is 5.10 Å². The lowest BCUT2D eigenvalue weighted by Gasteiger charge is -2.04. The Morgan fingerprint density at radius 1 is 1.19 bits per heavy atom. The van der Waals surface area contributed by atoms with E-state index >= 15 is 0 Å². The predicted octanol–water partition coefficient (Wildman–Crippen LogP) is 1.06. The maximum absolute atomic E-state index is 5.53. The summed E-state index contributed by atoms with van der Waals surface area (Å²) in [7, 11) is 0. The summed E-state index contributed by atoms with van der Waals surface area (Å²) in [6.07, 6.45) is 0. The van der Waals surface area contributed by atoms with Gasteiger partial charge in [-0.05, 0) is 12.1 Å². The topological polar surface area (TPSA) is 92.0 Å². The van der Waals surface area contributed by atoms with Gasteiger partial charge in [0.15, 0.2) is 0 Å². The second-order valence-electron chi connectivity index (χ2n) is 2.65. The first-order chi connectivity index (χ1) is 7.59. The predicted molar refractivity (Wildman–Crippen MR) is 66.0 cm³/mol. The fraction of sp³-hybridized carbons (Fsp3) is 0. The van der Waals surface area contributed by atoms with Crippen molar-refractivity contribution in [3.63, 3.8) is 0 Å². The molecule has 86 valence electrons. The van der Waals surface area contributed by atoms with Gasteiger partial charge < -0.3 is 11.5 Å². The van der Waals surface area contributed by atoms with Crippen LogP contribution < -0.4 is 16.9 Å². The molecule has 0 aliphatic heterocycles. The van der Waals surface area contributed by atoms with Gasteiger partial charge >= 0.3 is 0 Å². The van der Waals surface area contributed by atoms with Gasteiger partial charge in [0.25, 0.3) is 0 Å². The first-order valence-electron chi connectivity index (χ1n) is 4.19. The number of rotatable bonds is 2. The van der Waals surface area contributed by atoms with Crippen LogP contribution in [0.3, 0.4) is 0 Å². The molecule has 0 radical (unpaired) electrons. The van der Waals surface area contributed by atoms with Gasteiger partial charge in [0, 0.05) is 23.6 Å². The molecule has 1 aromatic rings. The standard InChI is InChI=1S/C8H10Cl2N6/c9-16(10)8(12)15-14-7(11)13-6-4-2-1-3-5-6/h1-5H,(H2,12,15)(H3,11,13,14). The summed E-state index contributed by atoms with van der Waals surface area (Å²) in [5.41, 5.74) is 13.9. The van der Waals surface area contributed by atoms with Crippen LogP contribution in [0.5, 0.6) is 0 Å². The Bertz CT molecular complexity index is 389. The molecular formula is C8H10Cl2N6. The highest BCUT2D eigenvalue weighted by Crippen LogP contribution is 2.08. The van der Waals surface area contributed by atoms with Crippen LogP contribution in [-0.2, 0) is 0 Å². The van der Waals surface area contributed by atoms with Gasteiger partial charge in [-0.2, -0.15) is 3.94 Å². The summed E-state index contributed by atoms with van der Waals surface area (Å²) in [4.78, 5) is 4.01. The van der Waals surface area contributed by atoms with Gasteiger partial charge in [0.1, 0.15) is 0 Å². The Hall–Kier alpha value is -1.66. The highest BCUT2D eigenvalue weighted by molar-refractivity contribution is 6.41. The Labute approximate surface area is 103 Å². The summed E-state index contributed by atoms with van der Waals surface area (Å²) < 4.78 is 0.600. The third-order valence-corrected chi connectivity index (χ3v) is 1.81. The number of nitrogens with zero attached hydrogens (tertiary/aromatic N) is 3. The number of halogens is 2. The van der Waals surface area contributed by atoms with E-state index in [2.05, 4.69) is 15.5 Å². The quantitative estimate of drug-likeness (QED) is 0.321. The number of benzene rings is 1. The molecule has 0 aromatic heterocycles. The van der Waals surface area contributed by atoms with E-state index in [-0.39, 0.29) is 11.9 Å². The zero-order chi connectivity index (χ0) is 12.0. The minimum absolute atomic E-state index is 0.0735. The van der Waals surface area contributed by atoms with Crippen molar-refractivity contribution in [2.45, 2.75) is 0 Å². The number of guanidine groups is 2. The molecule has 16 heavy (non-hydrogen) atoms. The minimum Gasteiger partial charge on any atom is -0.368 e. The molecule has 5 N–H and O–H groups in total. The normalized spacial score (nSPS) is 12.4. The molecule has 0 saturated heterocycles. The molecule has 0 bridgehead atoms. The van der Waals surface area contributed by atoms with E-state index in [1.54, 1.807) is 12.1 Å². The first kappa shape index (κ1) is 12.4. The molecule has 0 fully saturated rings. The average Bonchev–Trinajstić information content (AvgIpc) is 2.27. The van der Waals surface area contributed by atoms with Crippen LogP contribution in [0.4, 0.5) is 5.69 Å². The number of hydrazone groups is 1. The third-order valence-electron chi connectivity index (χ3n) is 1.46. The lowest BCUT2D eigenvalue weighted by atomic mass is 10.3. The largest absolute Gasteiger partial charge is 0.368 e. The van der Waals surface area contributed by atoms with Crippen molar-refractivity contribution in [3.05, 3.63) is 30.3 Å². The van der Waals surface area contributed by atoms with Gasteiger partial charge in [-0.25, -0.2) is 10.4 Å². The molecule has 8 heteroatoms. The zero-order valence-corrected chi connectivity index (χ0v) is 9.65. The smallest absolute Gasteiger partial charge is 0.244 e. The van der Waals surface area contributed by atoms with Gasteiger partial charge in [0.05, 0.1) is 5.69 Å². The maximum atomic E-state index is 5.53. The van der Waals surface area contributed by atoms with Gasteiger partial charge in [0.2, 0.25) is 11.9 Å². The number of hydrogen-bond acceptors (Lipinski definition) is 2. The van der Waals surface area contributed by atoms with Crippen LogP contribution in [-0.4, -0.2) is 15.9 Å². The Balaban J connectivity index is 2.63. The second kappa shape index (κ2) is 6.04. The van der Waals surface area contributed by atoms with Crippen LogP contribution >= 0.6 is 23.6 Å². The van der Waals surface area contributed by atoms with Crippen LogP contribution in [0, 0.1) is 0 Å². The molecule has 0 aliphatic carbocycles. The molecule has 0 amide bonds. The Kier molecular flexibility index (Phi) is 4.68. The van der Waals surface area contributed by atoms with E-state index in [1.807, 2.05) is 18.2 Å². The van der Waals surface area contributed by atoms with E-state index in [0.29, 0.717) is 9.63 Å². The van der Waals surface area contributed by atoms with E-state index in [1.165, 1.54) is 0 Å². The van der Waals surface area contributed by atoms with Crippen LogP contribution in [0.2, 0.25) is 0 Å². The summed E-state index contributed by atoms with van der Waals surface area (Å²) >= 11 is 10.6. The van der Waals surface area contributed by atoms with Crippen molar-refractivity contribution in [3.8, 4) is 0 Å². The summed E-state index contributed by atoms with van der Waals surface area (Å²) in [5, 5.41) is 3.57.